The predicted octanol–water partition coefficient (Wildman–Crippen LogP) is 1.32. The minimum atomic E-state index is 0.164. The lowest BCUT2D eigenvalue weighted by Gasteiger charge is -2.43. The van der Waals surface area contributed by atoms with Crippen LogP contribution in [0.5, 0.6) is 0 Å². The number of rotatable bonds is 6. The second-order valence-electron chi connectivity index (χ2n) is 5.19. The van der Waals surface area contributed by atoms with Gasteiger partial charge < -0.3 is 14.8 Å². The third kappa shape index (κ3) is 2.83. The van der Waals surface area contributed by atoms with E-state index in [0.717, 1.165) is 25.3 Å². The first kappa shape index (κ1) is 14.5. The van der Waals surface area contributed by atoms with Crippen molar-refractivity contribution in [3.63, 3.8) is 0 Å². The fourth-order valence-electron chi connectivity index (χ4n) is 2.78. The fourth-order valence-corrected chi connectivity index (χ4v) is 2.78. The van der Waals surface area contributed by atoms with Crippen molar-refractivity contribution < 1.29 is 9.47 Å². The van der Waals surface area contributed by atoms with Crippen molar-refractivity contribution in [3.8, 4) is 0 Å². The first-order chi connectivity index (χ1) is 9.08. The molecule has 19 heavy (non-hydrogen) atoms. The summed E-state index contributed by atoms with van der Waals surface area (Å²) >= 11 is 0. The van der Waals surface area contributed by atoms with Crippen LogP contribution in [-0.4, -0.2) is 41.7 Å². The second kappa shape index (κ2) is 6.03. The van der Waals surface area contributed by atoms with Gasteiger partial charge >= 0.3 is 0 Å². The summed E-state index contributed by atoms with van der Waals surface area (Å²) in [6, 6.07) is 0.376. The molecule has 0 aliphatic heterocycles. The summed E-state index contributed by atoms with van der Waals surface area (Å²) in [4.78, 5) is 0. The van der Waals surface area contributed by atoms with Gasteiger partial charge in [0.1, 0.15) is 0 Å². The minimum Gasteiger partial charge on any atom is -0.377 e. The van der Waals surface area contributed by atoms with Gasteiger partial charge in [-0.1, -0.05) is 0 Å². The van der Waals surface area contributed by atoms with Gasteiger partial charge in [-0.2, -0.15) is 5.10 Å². The molecule has 108 valence electrons. The van der Waals surface area contributed by atoms with Gasteiger partial charge in [-0.05, 0) is 27.2 Å². The molecule has 0 amide bonds. The molecule has 5 nitrogen and oxygen atoms in total. The van der Waals surface area contributed by atoms with Crippen molar-refractivity contribution in [1.29, 1.82) is 0 Å². The Morgan fingerprint density at radius 3 is 2.68 bits per heavy atom. The number of aryl methyl sites for hydroxylation is 2. The Kier molecular flexibility index (Phi) is 4.60. The molecule has 2 rings (SSSR count). The van der Waals surface area contributed by atoms with Crippen molar-refractivity contribution >= 4 is 0 Å². The van der Waals surface area contributed by atoms with Crippen LogP contribution < -0.4 is 5.32 Å². The number of hydrogen-bond donors (Lipinski definition) is 1. The molecule has 0 spiro atoms. The summed E-state index contributed by atoms with van der Waals surface area (Å²) in [6.45, 7) is 7.78. The van der Waals surface area contributed by atoms with Gasteiger partial charge in [-0.3, -0.25) is 4.68 Å². The molecule has 5 heteroatoms. The number of methoxy groups -OCH3 is 1. The van der Waals surface area contributed by atoms with E-state index in [2.05, 4.69) is 24.3 Å². The zero-order valence-electron chi connectivity index (χ0n) is 12.6. The highest BCUT2D eigenvalue weighted by atomic mass is 16.5. The van der Waals surface area contributed by atoms with E-state index >= 15 is 0 Å². The molecule has 1 saturated carbocycles. The SMILES string of the molecule is CCOC1CC(NCc2c(C)nn(C)c2C)C1OC. The number of aromatic nitrogens is 2. The number of nitrogens with zero attached hydrogens (tertiary/aromatic N) is 2. The maximum atomic E-state index is 5.63. The molecule has 1 aromatic heterocycles. The first-order valence-electron chi connectivity index (χ1n) is 6.95. The number of ether oxygens (including phenoxy) is 2. The van der Waals surface area contributed by atoms with Gasteiger partial charge in [-0.25, -0.2) is 0 Å². The lowest BCUT2D eigenvalue weighted by atomic mass is 9.85. The van der Waals surface area contributed by atoms with Crippen LogP contribution in [0.25, 0.3) is 0 Å². The van der Waals surface area contributed by atoms with Crippen LogP contribution in [0.4, 0.5) is 0 Å². The minimum absolute atomic E-state index is 0.164. The fraction of sp³-hybridized carbons (Fsp3) is 0.786. The predicted molar refractivity (Wildman–Crippen MR) is 74.1 cm³/mol. The maximum Gasteiger partial charge on any atom is 0.0986 e. The van der Waals surface area contributed by atoms with E-state index in [1.165, 1.54) is 11.3 Å². The molecule has 1 aromatic rings. The summed E-state index contributed by atoms with van der Waals surface area (Å²) < 4.78 is 13.1. The molecule has 0 bridgehead atoms. The van der Waals surface area contributed by atoms with Crippen LogP contribution in [0, 0.1) is 13.8 Å². The summed E-state index contributed by atoms with van der Waals surface area (Å²) in [5.41, 5.74) is 3.61. The van der Waals surface area contributed by atoms with Gasteiger partial charge in [0.15, 0.2) is 0 Å². The molecule has 0 aromatic carbocycles. The van der Waals surface area contributed by atoms with Crippen molar-refractivity contribution in [2.24, 2.45) is 7.05 Å². The molecule has 3 atom stereocenters. The monoisotopic (exact) mass is 267 g/mol. The average Bonchev–Trinajstić information content (AvgIpc) is 2.59. The van der Waals surface area contributed by atoms with E-state index in [4.69, 9.17) is 9.47 Å². The van der Waals surface area contributed by atoms with Crippen molar-refractivity contribution in [2.75, 3.05) is 13.7 Å². The Bertz CT molecular complexity index is 431. The van der Waals surface area contributed by atoms with Gasteiger partial charge in [0.25, 0.3) is 0 Å². The second-order valence-corrected chi connectivity index (χ2v) is 5.19. The van der Waals surface area contributed by atoms with Crippen molar-refractivity contribution in [3.05, 3.63) is 17.0 Å². The lowest BCUT2D eigenvalue weighted by molar-refractivity contribution is -0.131. The maximum absolute atomic E-state index is 5.63. The number of hydrogen-bond acceptors (Lipinski definition) is 4. The van der Waals surface area contributed by atoms with Crippen LogP contribution in [0.1, 0.15) is 30.3 Å². The molecule has 1 aliphatic rings. The summed E-state index contributed by atoms with van der Waals surface area (Å²) in [7, 11) is 3.74. The Hall–Kier alpha value is -0.910. The largest absolute Gasteiger partial charge is 0.377 e. The highest BCUT2D eigenvalue weighted by molar-refractivity contribution is 5.24. The summed E-state index contributed by atoms with van der Waals surface area (Å²) in [5, 5.41) is 8.00. The third-order valence-electron chi connectivity index (χ3n) is 4.10. The normalized spacial score (nSPS) is 26.5. The Morgan fingerprint density at radius 1 is 1.42 bits per heavy atom. The van der Waals surface area contributed by atoms with Crippen LogP contribution in [-0.2, 0) is 23.1 Å². The summed E-state index contributed by atoms with van der Waals surface area (Å²) in [6.07, 6.45) is 1.42. The van der Waals surface area contributed by atoms with E-state index in [9.17, 15) is 0 Å². The van der Waals surface area contributed by atoms with E-state index in [0.29, 0.717) is 6.04 Å². The van der Waals surface area contributed by atoms with Gasteiger partial charge in [0, 0.05) is 44.6 Å². The average molecular weight is 267 g/mol. The summed E-state index contributed by atoms with van der Waals surface area (Å²) in [5.74, 6) is 0. The first-order valence-corrected chi connectivity index (χ1v) is 6.95. The smallest absolute Gasteiger partial charge is 0.0986 e. The van der Waals surface area contributed by atoms with Crippen LogP contribution >= 0.6 is 0 Å². The van der Waals surface area contributed by atoms with Crippen LogP contribution in [0.3, 0.4) is 0 Å². The molecule has 1 heterocycles. The number of nitrogens with one attached hydrogen (secondary N) is 1. The van der Waals surface area contributed by atoms with E-state index < -0.39 is 0 Å². The van der Waals surface area contributed by atoms with Gasteiger partial charge in [0.05, 0.1) is 17.9 Å². The Morgan fingerprint density at radius 2 is 2.16 bits per heavy atom. The van der Waals surface area contributed by atoms with Crippen LogP contribution in [0.2, 0.25) is 0 Å². The van der Waals surface area contributed by atoms with Crippen molar-refractivity contribution in [1.82, 2.24) is 15.1 Å². The lowest BCUT2D eigenvalue weighted by Crippen LogP contribution is -2.59. The highest BCUT2D eigenvalue weighted by Crippen LogP contribution is 2.27. The van der Waals surface area contributed by atoms with E-state index in [1.807, 2.05) is 18.7 Å². The van der Waals surface area contributed by atoms with Crippen molar-refractivity contribution in [2.45, 2.75) is 52.0 Å². The Balaban J connectivity index is 1.89. The molecule has 1 N–H and O–H groups in total. The molecule has 1 fully saturated rings. The molecular formula is C14H25N3O2. The highest BCUT2D eigenvalue weighted by Gasteiger charge is 2.41. The molecule has 0 saturated heterocycles. The van der Waals surface area contributed by atoms with Gasteiger partial charge in [-0.15, -0.1) is 0 Å². The molecule has 0 radical (unpaired) electrons. The molecule has 1 aliphatic carbocycles. The molecule has 3 unspecified atom stereocenters. The molecular weight excluding hydrogens is 242 g/mol. The van der Waals surface area contributed by atoms with Crippen LogP contribution in [0.15, 0.2) is 0 Å². The Labute approximate surface area is 115 Å². The zero-order chi connectivity index (χ0) is 14.0. The topological polar surface area (TPSA) is 48.3 Å². The standard InChI is InChI=1S/C14H25N3O2/c1-6-19-13-7-12(14(13)18-5)15-8-11-9(2)16-17(4)10(11)3/h12-15H,6-8H2,1-5H3. The quantitative estimate of drug-likeness (QED) is 0.844. The van der Waals surface area contributed by atoms with E-state index in [-0.39, 0.29) is 12.2 Å². The van der Waals surface area contributed by atoms with E-state index in [1.54, 1.807) is 7.11 Å². The third-order valence-corrected chi connectivity index (χ3v) is 4.10. The van der Waals surface area contributed by atoms with Gasteiger partial charge in [0.2, 0.25) is 0 Å². The zero-order valence-corrected chi connectivity index (χ0v) is 12.6.